The summed E-state index contributed by atoms with van der Waals surface area (Å²) in [6, 6.07) is 0. The Balaban J connectivity index is 1.18. The van der Waals surface area contributed by atoms with Crippen LogP contribution in [0, 0.1) is 0 Å². The minimum atomic E-state index is -0.807. The molecule has 0 aliphatic carbocycles. The van der Waals surface area contributed by atoms with E-state index in [-0.39, 0.29) is 24.6 Å². The quantitative estimate of drug-likeness (QED) is 0.761. The second kappa shape index (κ2) is 6.44. The molecule has 0 spiro atoms. The molecule has 1 N–H and O–H groups in total. The molecule has 0 saturated carbocycles. The standard InChI is InChI=1S/C16H24O8/c17-11-12(10-7-20-14(21-10)8-3-1-5-18-8)22-16-13(11)23-15(24-16)9-4-2-6-19-9/h8-17H,1-7H2. The van der Waals surface area contributed by atoms with Gasteiger partial charge in [0.2, 0.25) is 0 Å². The Kier molecular flexibility index (Phi) is 4.27. The third-order valence-electron chi connectivity index (χ3n) is 5.43. The van der Waals surface area contributed by atoms with Gasteiger partial charge in [-0.25, -0.2) is 0 Å². The van der Waals surface area contributed by atoms with Crippen molar-refractivity contribution in [2.75, 3.05) is 19.8 Å². The van der Waals surface area contributed by atoms with Gasteiger partial charge in [-0.1, -0.05) is 0 Å². The van der Waals surface area contributed by atoms with Crippen LogP contribution in [-0.2, 0) is 33.2 Å². The fourth-order valence-electron chi connectivity index (χ4n) is 4.16. The zero-order valence-corrected chi connectivity index (χ0v) is 13.5. The molecule has 0 aromatic rings. The first-order chi connectivity index (χ1) is 11.8. The van der Waals surface area contributed by atoms with Crippen LogP contribution in [-0.4, -0.2) is 80.4 Å². The van der Waals surface area contributed by atoms with Gasteiger partial charge in [-0.05, 0) is 25.7 Å². The zero-order chi connectivity index (χ0) is 16.1. The van der Waals surface area contributed by atoms with Crippen LogP contribution in [0.3, 0.4) is 0 Å². The first kappa shape index (κ1) is 15.9. The summed E-state index contributed by atoms with van der Waals surface area (Å²) in [6.07, 6.45) is 0.198. The lowest BCUT2D eigenvalue weighted by Gasteiger charge is -2.25. The minimum Gasteiger partial charge on any atom is -0.387 e. The van der Waals surface area contributed by atoms with Crippen LogP contribution in [0.5, 0.6) is 0 Å². The summed E-state index contributed by atoms with van der Waals surface area (Å²) in [4.78, 5) is 0. The van der Waals surface area contributed by atoms with Gasteiger partial charge >= 0.3 is 0 Å². The Labute approximate surface area is 140 Å². The second-order valence-electron chi connectivity index (χ2n) is 7.04. The van der Waals surface area contributed by atoms with Gasteiger partial charge in [-0.2, -0.15) is 0 Å². The lowest BCUT2D eigenvalue weighted by Crippen LogP contribution is -2.42. The molecule has 9 unspecified atom stereocenters. The van der Waals surface area contributed by atoms with Gasteiger partial charge in [-0.15, -0.1) is 0 Å². The van der Waals surface area contributed by atoms with E-state index in [2.05, 4.69) is 0 Å². The van der Waals surface area contributed by atoms with Gasteiger partial charge in [0.25, 0.3) is 0 Å². The van der Waals surface area contributed by atoms with E-state index in [1.807, 2.05) is 0 Å². The summed E-state index contributed by atoms with van der Waals surface area (Å²) in [7, 11) is 0. The number of hydrogen-bond acceptors (Lipinski definition) is 8. The maximum atomic E-state index is 10.6. The van der Waals surface area contributed by atoms with E-state index >= 15 is 0 Å². The van der Waals surface area contributed by atoms with E-state index in [1.165, 1.54) is 0 Å². The van der Waals surface area contributed by atoms with Crippen LogP contribution >= 0.6 is 0 Å². The van der Waals surface area contributed by atoms with Crippen LogP contribution in [0.4, 0.5) is 0 Å². The van der Waals surface area contributed by atoms with Gasteiger partial charge in [0.05, 0.1) is 6.61 Å². The average Bonchev–Trinajstić information content (AvgIpc) is 3.38. The highest BCUT2D eigenvalue weighted by molar-refractivity contribution is 4.97. The fraction of sp³-hybridized carbons (Fsp3) is 1.00. The van der Waals surface area contributed by atoms with E-state index in [9.17, 15) is 5.11 Å². The smallest absolute Gasteiger partial charge is 0.190 e. The van der Waals surface area contributed by atoms with Crippen molar-refractivity contribution < 1.29 is 38.3 Å². The topological polar surface area (TPSA) is 84.8 Å². The van der Waals surface area contributed by atoms with Crippen LogP contribution in [0.25, 0.3) is 0 Å². The highest BCUT2D eigenvalue weighted by Gasteiger charge is 2.57. The summed E-state index contributed by atoms with van der Waals surface area (Å²) in [5.74, 6) is 0. The van der Waals surface area contributed by atoms with E-state index in [0.717, 1.165) is 38.9 Å². The first-order valence-corrected chi connectivity index (χ1v) is 8.94. The molecule has 5 aliphatic rings. The molecule has 0 amide bonds. The molecular formula is C16H24O8. The molecule has 0 aromatic heterocycles. The summed E-state index contributed by atoms with van der Waals surface area (Å²) in [6.45, 7) is 1.85. The largest absolute Gasteiger partial charge is 0.387 e. The Morgan fingerprint density at radius 3 is 2.00 bits per heavy atom. The van der Waals surface area contributed by atoms with Gasteiger partial charge in [-0.3, -0.25) is 0 Å². The highest BCUT2D eigenvalue weighted by Crippen LogP contribution is 2.39. The SMILES string of the molecule is OC1C(C2COC(C3CCCO3)O2)OC2OC(C3CCCO3)OC21. The first-order valence-electron chi connectivity index (χ1n) is 8.94. The van der Waals surface area contributed by atoms with Gasteiger partial charge in [0.15, 0.2) is 18.9 Å². The Hall–Kier alpha value is -0.320. The Morgan fingerprint density at radius 2 is 1.33 bits per heavy atom. The summed E-state index contributed by atoms with van der Waals surface area (Å²) in [5, 5.41) is 10.6. The molecule has 5 aliphatic heterocycles. The maximum Gasteiger partial charge on any atom is 0.190 e. The van der Waals surface area contributed by atoms with Crippen molar-refractivity contribution in [1.29, 1.82) is 0 Å². The van der Waals surface area contributed by atoms with Gasteiger partial charge in [0.1, 0.15) is 36.6 Å². The van der Waals surface area contributed by atoms with Gasteiger partial charge in [0, 0.05) is 13.2 Å². The molecule has 0 bridgehead atoms. The number of aliphatic hydroxyl groups is 1. The predicted octanol–water partition coefficient (Wildman–Crippen LogP) is -0.0868. The van der Waals surface area contributed by atoms with E-state index in [0.29, 0.717) is 6.61 Å². The summed E-state index contributed by atoms with van der Waals surface area (Å²) >= 11 is 0. The number of fused-ring (bicyclic) bond motifs is 1. The number of rotatable bonds is 3. The number of aliphatic hydroxyl groups excluding tert-OH is 1. The molecule has 8 nitrogen and oxygen atoms in total. The molecule has 136 valence electrons. The second-order valence-corrected chi connectivity index (χ2v) is 7.04. The molecule has 24 heavy (non-hydrogen) atoms. The number of hydrogen-bond donors (Lipinski definition) is 1. The van der Waals surface area contributed by atoms with Crippen molar-refractivity contribution >= 4 is 0 Å². The monoisotopic (exact) mass is 344 g/mol. The van der Waals surface area contributed by atoms with Crippen LogP contribution < -0.4 is 0 Å². The molecule has 0 radical (unpaired) electrons. The predicted molar refractivity (Wildman–Crippen MR) is 77.0 cm³/mol. The van der Waals surface area contributed by atoms with Crippen molar-refractivity contribution in [3.63, 3.8) is 0 Å². The van der Waals surface area contributed by atoms with Gasteiger partial charge < -0.3 is 38.3 Å². The molecule has 5 rings (SSSR count). The lowest BCUT2D eigenvalue weighted by atomic mass is 10.1. The van der Waals surface area contributed by atoms with Crippen molar-refractivity contribution in [3.8, 4) is 0 Å². The Bertz CT molecular complexity index is 449. The fourth-order valence-corrected chi connectivity index (χ4v) is 4.16. The van der Waals surface area contributed by atoms with Crippen LogP contribution in [0.1, 0.15) is 25.7 Å². The zero-order valence-electron chi connectivity index (χ0n) is 13.5. The van der Waals surface area contributed by atoms with Crippen molar-refractivity contribution in [1.82, 2.24) is 0 Å². The molecule has 9 atom stereocenters. The third kappa shape index (κ3) is 2.69. The third-order valence-corrected chi connectivity index (χ3v) is 5.43. The van der Waals surface area contributed by atoms with E-state index in [1.54, 1.807) is 0 Å². The molecule has 5 fully saturated rings. The molecular weight excluding hydrogens is 320 g/mol. The molecule has 0 aromatic carbocycles. The number of ether oxygens (including phenoxy) is 7. The Morgan fingerprint density at radius 1 is 0.625 bits per heavy atom. The highest BCUT2D eigenvalue weighted by atomic mass is 16.8. The van der Waals surface area contributed by atoms with E-state index < -0.39 is 30.9 Å². The molecule has 5 saturated heterocycles. The normalized spacial score (nSPS) is 54.6. The van der Waals surface area contributed by atoms with E-state index in [4.69, 9.17) is 33.2 Å². The average molecular weight is 344 g/mol. The minimum absolute atomic E-state index is 0.0237. The van der Waals surface area contributed by atoms with Crippen molar-refractivity contribution in [2.24, 2.45) is 0 Å². The van der Waals surface area contributed by atoms with Crippen molar-refractivity contribution in [3.05, 3.63) is 0 Å². The molecule has 8 heteroatoms. The maximum absolute atomic E-state index is 10.6. The molecule has 5 heterocycles. The summed E-state index contributed by atoms with van der Waals surface area (Å²) < 4.78 is 40.4. The lowest BCUT2D eigenvalue weighted by molar-refractivity contribution is -0.218. The van der Waals surface area contributed by atoms with Crippen LogP contribution in [0.15, 0.2) is 0 Å². The summed E-state index contributed by atoms with van der Waals surface area (Å²) in [5.41, 5.74) is 0. The van der Waals surface area contributed by atoms with Crippen molar-refractivity contribution in [2.45, 2.75) is 81.2 Å². The van der Waals surface area contributed by atoms with Crippen LogP contribution in [0.2, 0.25) is 0 Å².